The minimum absolute atomic E-state index is 0.00985. The zero-order chi connectivity index (χ0) is 19.1. The number of methoxy groups -OCH3 is 1. The standard InChI is InChI=1S/C21H24FN3O2/c1-12-20(24-16-8-9-23-19(11-16)27-3)17-10-15(22)6-7-18(17)25(13(2)26)21(12)14-4-5-14/h6-12,14,20-21H,4-5H2,1-3H3,(H,23,24)/t12-,20-,21-/m1/s1. The molecule has 2 aliphatic rings. The van der Waals surface area contributed by atoms with Crippen molar-refractivity contribution in [3.63, 3.8) is 0 Å². The summed E-state index contributed by atoms with van der Waals surface area (Å²) >= 11 is 0. The van der Waals surface area contributed by atoms with Gasteiger partial charge in [-0.25, -0.2) is 9.37 Å². The Bertz CT molecular complexity index is 868. The molecule has 0 spiro atoms. The fourth-order valence-electron chi connectivity index (χ4n) is 4.33. The summed E-state index contributed by atoms with van der Waals surface area (Å²) < 4.78 is 19.3. The maximum atomic E-state index is 14.1. The minimum atomic E-state index is -0.298. The molecule has 5 nitrogen and oxygen atoms in total. The van der Waals surface area contributed by atoms with Gasteiger partial charge < -0.3 is 15.0 Å². The molecule has 1 fully saturated rings. The zero-order valence-electron chi connectivity index (χ0n) is 15.8. The summed E-state index contributed by atoms with van der Waals surface area (Å²) in [6.45, 7) is 3.74. The normalized spacial score (nSPS) is 24.3. The summed E-state index contributed by atoms with van der Waals surface area (Å²) in [4.78, 5) is 18.5. The first-order valence-corrected chi connectivity index (χ1v) is 9.35. The van der Waals surface area contributed by atoms with E-state index in [4.69, 9.17) is 4.74 Å². The lowest BCUT2D eigenvalue weighted by Gasteiger charge is -2.46. The Hall–Kier alpha value is -2.63. The molecule has 1 aromatic heterocycles. The number of halogens is 1. The number of aromatic nitrogens is 1. The lowest BCUT2D eigenvalue weighted by molar-refractivity contribution is -0.117. The smallest absolute Gasteiger partial charge is 0.224 e. The van der Waals surface area contributed by atoms with Gasteiger partial charge in [-0.2, -0.15) is 0 Å². The number of fused-ring (bicyclic) bond motifs is 1. The molecule has 1 aliphatic heterocycles. The third-order valence-electron chi connectivity index (χ3n) is 5.66. The highest BCUT2D eigenvalue weighted by atomic mass is 19.1. The molecule has 4 rings (SSSR count). The third kappa shape index (κ3) is 3.24. The molecule has 1 amide bonds. The predicted molar refractivity (Wildman–Crippen MR) is 102 cm³/mol. The molecular formula is C21H24FN3O2. The van der Waals surface area contributed by atoms with E-state index in [1.165, 1.54) is 6.07 Å². The van der Waals surface area contributed by atoms with Crippen LogP contribution in [0.1, 0.15) is 38.3 Å². The van der Waals surface area contributed by atoms with Crippen LogP contribution in [0.4, 0.5) is 15.8 Å². The quantitative estimate of drug-likeness (QED) is 0.879. The Balaban J connectivity index is 1.78. The molecule has 0 unspecified atom stereocenters. The largest absolute Gasteiger partial charge is 0.481 e. The highest BCUT2D eigenvalue weighted by Crippen LogP contribution is 2.50. The van der Waals surface area contributed by atoms with Crippen LogP contribution in [0.15, 0.2) is 36.5 Å². The molecule has 1 aliphatic carbocycles. The number of nitrogens with zero attached hydrogens (tertiary/aromatic N) is 2. The molecule has 0 saturated heterocycles. The second-order valence-electron chi connectivity index (χ2n) is 7.49. The van der Waals surface area contributed by atoms with E-state index in [9.17, 15) is 9.18 Å². The summed E-state index contributed by atoms with van der Waals surface area (Å²) in [7, 11) is 1.58. The van der Waals surface area contributed by atoms with Crippen molar-refractivity contribution < 1.29 is 13.9 Å². The van der Waals surface area contributed by atoms with Crippen LogP contribution in [-0.2, 0) is 4.79 Å². The number of benzene rings is 1. The van der Waals surface area contributed by atoms with Gasteiger partial charge in [0.2, 0.25) is 11.8 Å². The molecule has 2 heterocycles. The number of carbonyl (C=O) groups excluding carboxylic acids is 1. The monoisotopic (exact) mass is 369 g/mol. The second-order valence-corrected chi connectivity index (χ2v) is 7.49. The summed E-state index contributed by atoms with van der Waals surface area (Å²) in [5.74, 6) is 0.865. The Morgan fingerprint density at radius 2 is 2.07 bits per heavy atom. The van der Waals surface area contributed by atoms with E-state index < -0.39 is 0 Å². The van der Waals surface area contributed by atoms with Gasteiger partial charge in [0, 0.05) is 48.1 Å². The second kappa shape index (κ2) is 6.83. The molecule has 142 valence electrons. The Morgan fingerprint density at radius 1 is 1.30 bits per heavy atom. The van der Waals surface area contributed by atoms with Crippen LogP contribution in [0.5, 0.6) is 5.88 Å². The molecule has 1 aromatic carbocycles. The van der Waals surface area contributed by atoms with E-state index in [0.29, 0.717) is 11.8 Å². The van der Waals surface area contributed by atoms with E-state index in [0.717, 1.165) is 29.8 Å². The first kappa shape index (κ1) is 17.8. The molecule has 27 heavy (non-hydrogen) atoms. The maximum Gasteiger partial charge on any atom is 0.224 e. The van der Waals surface area contributed by atoms with Crippen molar-refractivity contribution in [3.05, 3.63) is 47.9 Å². The molecule has 1 saturated carbocycles. The van der Waals surface area contributed by atoms with Gasteiger partial charge in [-0.15, -0.1) is 0 Å². The van der Waals surface area contributed by atoms with E-state index in [1.54, 1.807) is 32.4 Å². The number of hydrogen-bond acceptors (Lipinski definition) is 4. The van der Waals surface area contributed by atoms with Crippen LogP contribution in [0, 0.1) is 17.7 Å². The topological polar surface area (TPSA) is 54.5 Å². The van der Waals surface area contributed by atoms with E-state index in [-0.39, 0.29) is 29.7 Å². The van der Waals surface area contributed by atoms with Crippen molar-refractivity contribution in [2.45, 2.75) is 38.8 Å². The fourth-order valence-corrected chi connectivity index (χ4v) is 4.33. The fraction of sp³-hybridized carbons (Fsp3) is 0.429. The van der Waals surface area contributed by atoms with Crippen LogP contribution >= 0.6 is 0 Å². The van der Waals surface area contributed by atoms with Gasteiger partial charge in [-0.1, -0.05) is 6.92 Å². The number of pyridine rings is 1. The van der Waals surface area contributed by atoms with Crippen LogP contribution in [-0.4, -0.2) is 24.0 Å². The number of hydrogen-bond donors (Lipinski definition) is 1. The Morgan fingerprint density at radius 3 is 2.74 bits per heavy atom. The van der Waals surface area contributed by atoms with Crippen molar-refractivity contribution >= 4 is 17.3 Å². The van der Waals surface area contributed by atoms with Gasteiger partial charge in [0.15, 0.2) is 0 Å². The molecule has 0 bridgehead atoms. The zero-order valence-corrected chi connectivity index (χ0v) is 15.8. The van der Waals surface area contributed by atoms with Crippen molar-refractivity contribution in [2.24, 2.45) is 11.8 Å². The minimum Gasteiger partial charge on any atom is -0.481 e. The number of rotatable bonds is 4. The van der Waals surface area contributed by atoms with Crippen LogP contribution in [0.25, 0.3) is 0 Å². The molecule has 0 radical (unpaired) electrons. The summed E-state index contributed by atoms with van der Waals surface area (Å²) in [5, 5.41) is 3.54. The third-order valence-corrected chi connectivity index (χ3v) is 5.66. The first-order chi connectivity index (χ1) is 13.0. The molecule has 2 aromatic rings. The Labute approximate surface area is 158 Å². The summed E-state index contributed by atoms with van der Waals surface area (Å²) in [6, 6.07) is 8.41. The van der Waals surface area contributed by atoms with Gasteiger partial charge in [-0.05, 0) is 43.0 Å². The summed E-state index contributed by atoms with van der Waals surface area (Å²) in [5.41, 5.74) is 2.47. The van der Waals surface area contributed by atoms with Crippen molar-refractivity contribution in [1.82, 2.24) is 4.98 Å². The summed E-state index contributed by atoms with van der Waals surface area (Å²) in [6.07, 6.45) is 3.94. The van der Waals surface area contributed by atoms with Crippen molar-refractivity contribution in [3.8, 4) is 5.88 Å². The molecule has 1 N–H and O–H groups in total. The number of anilines is 2. The number of carbonyl (C=O) groups is 1. The SMILES string of the molecule is COc1cc(N[C@H]2c3cc(F)ccc3N(C(C)=O)[C@@H](C3CC3)[C@@H]2C)ccn1. The van der Waals surface area contributed by atoms with E-state index >= 15 is 0 Å². The van der Waals surface area contributed by atoms with Crippen molar-refractivity contribution in [1.29, 1.82) is 0 Å². The van der Waals surface area contributed by atoms with Gasteiger partial charge >= 0.3 is 0 Å². The van der Waals surface area contributed by atoms with Crippen LogP contribution < -0.4 is 15.0 Å². The van der Waals surface area contributed by atoms with Crippen LogP contribution in [0.3, 0.4) is 0 Å². The van der Waals surface area contributed by atoms with Gasteiger partial charge in [0.05, 0.1) is 13.2 Å². The van der Waals surface area contributed by atoms with Gasteiger partial charge in [0.1, 0.15) is 5.82 Å². The molecule has 6 heteroatoms. The first-order valence-electron chi connectivity index (χ1n) is 9.35. The van der Waals surface area contributed by atoms with Gasteiger partial charge in [-0.3, -0.25) is 4.79 Å². The average Bonchev–Trinajstić information content (AvgIpc) is 3.48. The molecular weight excluding hydrogens is 345 g/mol. The highest BCUT2D eigenvalue weighted by Gasteiger charge is 2.47. The number of nitrogens with one attached hydrogen (secondary N) is 1. The van der Waals surface area contributed by atoms with Gasteiger partial charge in [0.25, 0.3) is 0 Å². The maximum absolute atomic E-state index is 14.1. The lowest BCUT2D eigenvalue weighted by Crippen LogP contribution is -2.51. The lowest BCUT2D eigenvalue weighted by atomic mass is 9.80. The Kier molecular flexibility index (Phi) is 4.50. The predicted octanol–water partition coefficient (Wildman–Crippen LogP) is 4.16. The number of ether oxygens (including phenoxy) is 1. The highest BCUT2D eigenvalue weighted by molar-refractivity contribution is 5.94. The van der Waals surface area contributed by atoms with E-state index in [2.05, 4.69) is 17.2 Å². The van der Waals surface area contributed by atoms with Crippen LogP contribution in [0.2, 0.25) is 0 Å². The number of amides is 1. The van der Waals surface area contributed by atoms with E-state index in [1.807, 2.05) is 17.0 Å². The average molecular weight is 369 g/mol. The molecule has 3 atom stereocenters. The van der Waals surface area contributed by atoms with Crippen molar-refractivity contribution in [2.75, 3.05) is 17.3 Å².